The summed E-state index contributed by atoms with van der Waals surface area (Å²) in [6.07, 6.45) is 2.04. The Kier molecular flexibility index (Phi) is 7.32. The number of benzene rings is 2. The molecule has 0 radical (unpaired) electrons. The Morgan fingerprint density at radius 2 is 1.91 bits per heavy atom. The Morgan fingerprint density at radius 1 is 1.12 bits per heavy atom. The lowest BCUT2D eigenvalue weighted by Crippen LogP contribution is -2.31. The van der Waals surface area contributed by atoms with Gasteiger partial charge in [0.25, 0.3) is 0 Å². The van der Waals surface area contributed by atoms with Crippen LogP contribution in [0.1, 0.15) is 22.9 Å². The van der Waals surface area contributed by atoms with Gasteiger partial charge < -0.3 is 9.73 Å². The van der Waals surface area contributed by atoms with Crippen LogP contribution < -0.4 is 10.0 Å². The first-order chi connectivity index (χ1) is 16.2. The summed E-state index contributed by atoms with van der Waals surface area (Å²) >= 11 is 7.53. The lowest BCUT2D eigenvalue weighted by atomic mass is 10.0. The highest BCUT2D eigenvalue weighted by Crippen LogP contribution is 2.27. The molecule has 2 heterocycles. The predicted molar refractivity (Wildman–Crippen MR) is 131 cm³/mol. The lowest BCUT2D eigenvalue weighted by Gasteiger charge is -2.17. The number of thiophene rings is 1. The van der Waals surface area contributed by atoms with Crippen LogP contribution >= 0.6 is 22.9 Å². The first-order valence-electron chi connectivity index (χ1n) is 10.1. The monoisotopic (exact) mass is 517 g/mol. The molecule has 0 aliphatic carbocycles. The van der Waals surface area contributed by atoms with Gasteiger partial charge in [-0.25, -0.2) is 4.98 Å². The Morgan fingerprint density at radius 3 is 2.59 bits per heavy atom. The zero-order valence-corrected chi connectivity index (χ0v) is 20.0. The van der Waals surface area contributed by atoms with Crippen molar-refractivity contribution in [3.05, 3.63) is 94.2 Å². The molecule has 0 unspecified atom stereocenters. The topological polar surface area (TPSA) is 122 Å². The maximum atomic E-state index is 12.8. The Bertz CT molecular complexity index is 1370. The first-order valence-corrected chi connectivity index (χ1v) is 12.8. The van der Waals surface area contributed by atoms with Crippen LogP contribution in [0.4, 0.5) is 5.69 Å². The zero-order chi connectivity index (χ0) is 24.1. The molecule has 0 aliphatic rings. The van der Waals surface area contributed by atoms with Crippen molar-refractivity contribution in [2.75, 3.05) is 4.72 Å². The van der Waals surface area contributed by atoms with E-state index in [2.05, 4.69) is 10.3 Å². The molecule has 3 N–H and O–H groups in total. The smallest absolute Gasteiger partial charge is 0.357 e. The van der Waals surface area contributed by atoms with Gasteiger partial charge in [0.2, 0.25) is 11.8 Å². The number of hydrogen-bond donors (Lipinski definition) is 3. The summed E-state index contributed by atoms with van der Waals surface area (Å²) in [6, 6.07) is 16.8. The summed E-state index contributed by atoms with van der Waals surface area (Å²) < 4.78 is 38.6. The van der Waals surface area contributed by atoms with Crippen molar-refractivity contribution in [3.8, 4) is 10.8 Å². The van der Waals surface area contributed by atoms with E-state index >= 15 is 0 Å². The second-order valence-corrected chi connectivity index (χ2v) is 10.00. The lowest BCUT2D eigenvalue weighted by molar-refractivity contribution is -0.121. The Labute approximate surface area is 205 Å². The molecule has 2 aromatic carbocycles. The zero-order valence-electron chi connectivity index (χ0n) is 17.6. The second kappa shape index (κ2) is 10.4. The van der Waals surface area contributed by atoms with Gasteiger partial charge in [0.15, 0.2) is 0 Å². The molecule has 4 rings (SSSR count). The summed E-state index contributed by atoms with van der Waals surface area (Å²) in [7, 11) is -4.36. The highest BCUT2D eigenvalue weighted by atomic mass is 35.5. The number of anilines is 1. The predicted octanol–water partition coefficient (Wildman–Crippen LogP) is 4.91. The minimum atomic E-state index is -4.36. The van der Waals surface area contributed by atoms with Crippen LogP contribution in [0.15, 0.2) is 76.7 Å². The van der Waals surface area contributed by atoms with E-state index in [0.717, 1.165) is 16.0 Å². The van der Waals surface area contributed by atoms with Crippen LogP contribution in [-0.4, -0.2) is 23.9 Å². The van der Waals surface area contributed by atoms with E-state index in [4.69, 9.17) is 20.6 Å². The SMILES string of the molecule is O=C(Cc1cccc(Cl)c1)N[C@@H](Cc1ccc(NS(=O)(=O)O)cc1)c1coc(-c2cccs2)n1. The van der Waals surface area contributed by atoms with E-state index in [1.54, 1.807) is 30.3 Å². The fourth-order valence-electron chi connectivity index (χ4n) is 3.36. The van der Waals surface area contributed by atoms with Crippen LogP contribution in [0.25, 0.3) is 10.8 Å². The molecule has 0 saturated heterocycles. The number of aromatic nitrogens is 1. The number of amides is 1. The number of hydrogen-bond acceptors (Lipinski definition) is 6. The fourth-order valence-corrected chi connectivity index (χ4v) is 4.66. The minimum absolute atomic E-state index is 0.143. The van der Waals surface area contributed by atoms with Crippen molar-refractivity contribution >= 4 is 44.8 Å². The van der Waals surface area contributed by atoms with Gasteiger partial charge in [-0.1, -0.05) is 41.9 Å². The molecule has 0 aliphatic heterocycles. The molecule has 0 spiro atoms. The van der Waals surface area contributed by atoms with Gasteiger partial charge in [0.1, 0.15) is 12.0 Å². The minimum Gasteiger partial charge on any atom is -0.443 e. The van der Waals surface area contributed by atoms with Crippen molar-refractivity contribution in [3.63, 3.8) is 0 Å². The Hall–Kier alpha value is -3.18. The van der Waals surface area contributed by atoms with Gasteiger partial charge in [-0.15, -0.1) is 11.3 Å². The number of nitrogens with one attached hydrogen (secondary N) is 2. The number of oxazole rings is 1. The van der Waals surface area contributed by atoms with Gasteiger partial charge in [-0.3, -0.25) is 14.1 Å². The van der Waals surface area contributed by atoms with E-state index in [0.29, 0.717) is 23.0 Å². The molecular weight excluding hydrogens is 498 g/mol. The summed E-state index contributed by atoms with van der Waals surface area (Å²) in [5, 5.41) is 5.48. The number of rotatable bonds is 9. The van der Waals surface area contributed by atoms with Crippen LogP contribution in [0.5, 0.6) is 0 Å². The molecule has 1 amide bonds. The van der Waals surface area contributed by atoms with Crippen molar-refractivity contribution < 1.29 is 22.2 Å². The third kappa shape index (κ3) is 6.67. The summed E-state index contributed by atoms with van der Waals surface area (Å²) in [5.74, 6) is 0.254. The average Bonchev–Trinajstić information content (AvgIpc) is 3.46. The third-order valence-electron chi connectivity index (χ3n) is 4.84. The van der Waals surface area contributed by atoms with Gasteiger partial charge in [0, 0.05) is 5.02 Å². The molecule has 2 aromatic heterocycles. The molecule has 4 aromatic rings. The van der Waals surface area contributed by atoms with Crippen molar-refractivity contribution in [1.82, 2.24) is 10.3 Å². The van der Waals surface area contributed by atoms with Crippen LogP contribution in [-0.2, 0) is 27.9 Å². The van der Waals surface area contributed by atoms with Gasteiger partial charge in [0.05, 0.1) is 23.0 Å². The van der Waals surface area contributed by atoms with Crippen molar-refractivity contribution in [2.24, 2.45) is 0 Å². The molecular formula is C23H20ClN3O5S2. The molecule has 0 fully saturated rings. The summed E-state index contributed by atoms with van der Waals surface area (Å²) in [6.45, 7) is 0. The van der Waals surface area contributed by atoms with E-state index in [-0.39, 0.29) is 18.0 Å². The van der Waals surface area contributed by atoms with Crippen molar-refractivity contribution in [2.45, 2.75) is 18.9 Å². The number of carbonyl (C=O) groups is 1. The second-order valence-electron chi connectivity index (χ2n) is 7.46. The largest absolute Gasteiger partial charge is 0.443 e. The quantitative estimate of drug-likeness (QED) is 0.271. The number of halogens is 1. The number of carbonyl (C=O) groups excluding carboxylic acids is 1. The van der Waals surface area contributed by atoms with E-state index in [9.17, 15) is 13.2 Å². The number of nitrogens with zero attached hydrogens (tertiary/aromatic N) is 1. The van der Waals surface area contributed by atoms with E-state index < -0.39 is 16.3 Å². The van der Waals surface area contributed by atoms with Gasteiger partial charge in [-0.05, 0) is 53.3 Å². The van der Waals surface area contributed by atoms with E-state index in [1.807, 2.05) is 28.3 Å². The summed E-state index contributed by atoms with van der Waals surface area (Å²) in [5.41, 5.74) is 2.37. The van der Waals surface area contributed by atoms with Gasteiger partial charge >= 0.3 is 10.3 Å². The first kappa shape index (κ1) is 24.0. The van der Waals surface area contributed by atoms with Crippen LogP contribution in [0, 0.1) is 0 Å². The normalized spacial score (nSPS) is 12.3. The highest BCUT2D eigenvalue weighted by Gasteiger charge is 2.21. The maximum Gasteiger partial charge on any atom is 0.357 e. The molecule has 176 valence electrons. The molecule has 11 heteroatoms. The summed E-state index contributed by atoms with van der Waals surface area (Å²) in [4.78, 5) is 18.3. The molecule has 34 heavy (non-hydrogen) atoms. The van der Waals surface area contributed by atoms with Crippen LogP contribution in [0.2, 0.25) is 5.02 Å². The molecule has 8 nitrogen and oxygen atoms in total. The molecule has 0 saturated carbocycles. The highest BCUT2D eigenvalue weighted by molar-refractivity contribution is 7.87. The average molecular weight is 518 g/mol. The van der Waals surface area contributed by atoms with Crippen LogP contribution in [0.3, 0.4) is 0 Å². The van der Waals surface area contributed by atoms with Gasteiger partial charge in [-0.2, -0.15) is 8.42 Å². The maximum absolute atomic E-state index is 12.8. The Balaban J connectivity index is 1.54. The fraction of sp³-hybridized carbons (Fsp3) is 0.130. The molecule has 1 atom stereocenters. The standard InChI is InChI=1S/C23H20ClN3O5S2/c24-17-4-1-3-16(11-17)13-22(28)25-19(20-14-32-23(26-20)21-5-2-10-33-21)12-15-6-8-18(9-7-15)27-34(29,30)31/h1-11,14,19,27H,12-13H2,(H,25,28)(H,29,30,31)/t19-/m0/s1. The third-order valence-corrected chi connectivity index (χ3v) is 6.43. The van der Waals surface area contributed by atoms with Crippen molar-refractivity contribution in [1.29, 1.82) is 0 Å². The van der Waals surface area contributed by atoms with E-state index in [1.165, 1.54) is 29.7 Å². The molecule has 0 bridgehead atoms.